The maximum Gasteiger partial charge on any atom is 0.306 e. The molecule has 1 heterocycles. The SMILES string of the molecule is COc1ccc(-c2nc(COC(=O)C[C@H]3C[C@H]4CC[C@@H]3C4)cs2)cc1OC. The average Bonchev–Trinajstić information content (AvgIpc) is 3.42. The van der Waals surface area contributed by atoms with E-state index in [1.165, 1.54) is 37.0 Å². The number of methoxy groups -OCH3 is 2. The molecular weight excluding hydrogens is 362 g/mol. The third kappa shape index (κ3) is 3.95. The summed E-state index contributed by atoms with van der Waals surface area (Å²) in [4.78, 5) is 16.8. The first-order valence-corrected chi connectivity index (χ1v) is 10.4. The molecule has 0 aliphatic heterocycles. The molecule has 0 unspecified atom stereocenters. The fourth-order valence-electron chi connectivity index (χ4n) is 4.53. The Kier molecular flexibility index (Phi) is 5.34. The number of esters is 1. The number of fused-ring (bicyclic) bond motifs is 2. The van der Waals surface area contributed by atoms with Crippen LogP contribution in [0.4, 0.5) is 0 Å². The topological polar surface area (TPSA) is 57.7 Å². The number of thiazole rings is 1. The van der Waals surface area contributed by atoms with Crippen molar-refractivity contribution in [1.82, 2.24) is 4.98 Å². The lowest BCUT2D eigenvalue weighted by Crippen LogP contribution is -2.17. The van der Waals surface area contributed by atoms with Gasteiger partial charge in [-0.05, 0) is 55.2 Å². The van der Waals surface area contributed by atoms with Crippen molar-refractivity contribution in [3.63, 3.8) is 0 Å². The first kappa shape index (κ1) is 18.3. The summed E-state index contributed by atoms with van der Waals surface area (Å²) in [5.41, 5.74) is 1.74. The Morgan fingerprint density at radius 2 is 2.04 bits per heavy atom. The molecule has 2 saturated carbocycles. The van der Waals surface area contributed by atoms with Gasteiger partial charge in [0, 0.05) is 17.4 Å². The normalized spacial score (nSPS) is 23.4. The number of carbonyl (C=O) groups excluding carboxylic acids is 1. The third-order valence-corrected chi connectivity index (χ3v) is 6.82. The van der Waals surface area contributed by atoms with E-state index >= 15 is 0 Å². The molecule has 144 valence electrons. The molecule has 5 nitrogen and oxygen atoms in total. The zero-order chi connectivity index (χ0) is 18.8. The Morgan fingerprint density at radius 1 is 1.19 bits per heavy atom. The molecule has 0 amide bonds. The summed E-state index contributed by atoms with van der Waals surface area (Å²) in [6, 6.07) is 5.72. The van der Waals surface area contributed by atoms with Gasteiger partial charge in [0.05, 0.1) is 19.9 Å². The first-order chi connectivity index (χ1) is 13.2. The summed E-state index contributed by atoms with van der Waals surface area (Å²) in [6.45, 7) is 0.240. The number of hydrogen-bond acceptors (Lipinski definition) is 6. The van der Waals surface area contributed by atoms with E-state index in [1.54, 1.807) is 14.2 Å². The van der Waals surface area contributed by atoms with Gasteiger partial charge in [0.15, 0.2) is 11.5 Å². The second kappa shape index (κ2) is 7.89. The van der Waals surface area contributed by atoms with E-state index in [-0.39, 0.29) is 12.6 Å². The van der Waals surface area contributed by atoms with Crippen LogP contribution in [0.2, 0.25) is 0 Å². The Bertz CT molecular complexity index is 818. The van der Waals surface area contributed by atoms with Crippen molar-refractivity contribution in [3.05, 3.63) is 29.3 Å². The molecule has 0 saturated heterocycles. The van der Waals surface area contributed by atoms with Gasteiger partial charge in [-0.1, -0.05) is 6.42 Å². The van der Waals surface area contributed by atoms with E-state index in [9.17, 15) is 4.79 Å². The molecule has 0 N–H and O–H groups in total. The van der Waals surface area contributed by atoms with Crippen LogP contribution in [0.25, 0.3) is 10.6 Å². The van der Waals surface area contributed by atoms with Crippen LogP contribution >= 0.6 is 11.3 Å². The smallest absolute Gasteiger partial charge is 0.306 e. The van der Waals surface area contributed by atoms with Gasteiger partial charge in [-0.25, -0.2) is 4.98 Å². The van der Waals surface area contributed by atoms with Crippen molar-refractivity contribution in [3.8, 4) is 22.1 Å². The van der Waals surface area contributed by atoms with Crippen molar-refractivity contribution in [1.29, 1.82) is 0 Å². The van der Waals surface area contributed by atoms with Crippen LogP contribution in [-0.4, -0.2) is 25.2 Å². The summed E-state index contributed by atoms with van der Waals surface area (Å²) >= 11 is 1.53. The molecule has 3 atom stereocenters. The molecular formula is C21H25NO4S. The van der Waals surface area contributed by atoms with Crippen LogP contribution in [-0.2, 0) is 16.1 Å². The van der Waals surface area contributed by atoms with Crippen LogP contribution < -0.4 is 9.47 Å². The molecule has 1 aromatic carbocycles. The second-order valence-corrected chi connectivity index (χ2v) is 8.37. The summed E-state index contributed by atoms with van der Waals surface area (Å²) in [5, 5.41) is 2.81. The number of carbonyl (C=O) groups is 1. The van der Waals surface area contributed by atoms with Gasteiger partial charge in [-0.15, -0.1) is 11.3 Å². The molecule has 1 aromatic heterocycles. The predicted molar refractivity (Wildman–Crippen MR) is 104 cm³/mol. The van der Waals surface area contributed by atoms with E-state index in [4.69, 9.17) is 14.2 Å². The van der Waals surface area contributed by atoms with Crippen molar-refractivity contribution in [2.24, 2.45) is 17.8 Å². The molecule has 2 bridgehead atoms. The van der Waals surface area contributed by atoms with Crippen LogP contribution in [0.3, 0.4) is 0 Å². The Morgan fingerprint density at radius 3 is 2.74 bits per heavy atom. The number of ether oxygens (including phenoxy) is 3. The van der Waals surface area contributed by atoms with Crippen molar-refractivity contribution in [2.75, 3.05) is 14.2 Å². The highest BCUT2D eigenvalue weighted by atomic mass is 32.1. The van der Waals surface area contributed by atoms with Crippen LogP contribution in [0.5, 0.6) is 11.5 Å². The first-order valence-electron chi connectivity index (χ1n) is 9.48. The molecule has 4 rings (SSSR count). The maximum absolute atomic E-state index is 12.2. The lowest BCUT2D eigenvalue weighted by atomic mass is 9.86. The zero-order valence-corrected chi connectivity index (χ0v) is 16.6. The maximum atomic E-state index is 12.2. The van der Waals surface area contributed by atoms with Gasteiger partial charge in [-0.3, -0.25) is 4.79 Å². The second-order valence-electron chi connectivity index (χ2n) is 7.51. The highest BCUT2D eigenvalue weighted by Gasteiger charge is 2.40. The lowest BCUT2D eigenvalue weighted by molar-refractivity contribution is -0.146. The summed E-state index contributed by atoms with van der Waals surface area (Å²) in [6.07, 6.45) is 5.74. The van der Waals surface area contributed by atoms with Crippen molar-refractivity contribution in [2.45, 2.75) is 38.7 Å². The van der Waals surface area contributed by atoms with E-state index in [1.807, 2.05) is 23.6 Å². The molecule has 2 aromatic rings. The highest BCUT2D eigenvalue weighted by Crippen LogP contribution is 2.49. The molecule has 2 aliphatic carbocycles. The number of aromatic nitrogens is 1. The summed E-state index contributed by atoms with van der Waals surface area (Å²) in [7, 11) is 3.23. The minimum atomic E-state index is -0.0896. The fraction of sp³-hybridized carbons (Fsp3) is 0.524. The molecule has 27 heavy (non-hydrogen) atoms. The molecule has 6 heteroatoms. The van der Waals surface area contributed by atoms with Gasteiger partial charge >= 0.3 is 5.97 Å². The highest BCUT2D eigenvalue weighted by molar-refractivity contribution is 7.13. The summed E-state index contributed by atoms with van der Waals surface area (Å²) in [5.74, 6) is 3.41. The van der Waals surface area contributed by atoms with Gasteiger partial charge in [0.25, 0.3) is 0 Å². The summed E-state index contributed by atoms with van der Waals surface area (Å²) < 4.78 is 16.1. The standard InChI is InChI=1S/C21H25NO4S/c1-24-18-6-5-15(9-19(18)25-2)21-22-17(12-27-21)11-26-20(23)10-16-8-13-3-4-14(16)7-13/h5-6,9,12-14,16H,3-4,7-8,10-11H2,1-2H3/t13-,14+,16+/m0/s1. The number of hydrogen-bond donors (Lipinski definition) is 0. The minimum absolute atomic E-state index is 0.0896. The van der Waals surface area contributed by atoms with Crippen LogP contribution in [0.1, 0.15) is 37.8 Å². The molecule has 2 aliphatic rings. The molecule has 0 spiro atoms. The Balaban J connectivity index is 1.33. The van der Waals surface area contributed by atoms with E-state index in [0.717, 1.165) is 28.1 Å². The van der Waals surface area contributed by atoms with Gasteiger partial charge in [-0.2, -0.15) is 0 Å². The van der Waals surface area contributed by atoms with E-state index < -0.39 is 0 Å². The lowest BCUT2D eigenvalue weighted by Gasteiger charge is -2.20. The number of rotatable bonds is 7. The van der Waals surface area contributed by atoms with E-state index in [0.29, 0.717) is 23.8 Å². The van der Waals surface area contributed by atoms with Crippen molar-refractivity contribution >= 4 is 17.3 Å². The van der Waals surface area contributed by atoms with Gasteiger partial charge in [0.2, 0.25) is 0 Å². The average molecular weight is 388 g/mol. The molecule has 0 radical (unpaired) electrons. The predicted octanol–water partition coefficient (Wildman–Crippen LogP) is 4.70. The zero-order valence-electron chi connectivity index (χ0n) is 15.8. The minimum Gasteiger partial charge on any atom is -0.493 e. The molecule has 2 fully saturated rings. The Labute approximate surface area is 163 Å². The van der Waals surface area contributed by atoms with E-state index in [2.05, 4.69) is 4.98 Å². The largest absolute Gasteiger partial charge is 0.493 e. The number of benzene rings is 1. The quantitative estimate of drug-likeness (QED) is 0.645. The van der Waals surface area contributed by atoms with Crippen LogP contribution in [0.15, 0.2) is 23.6 Å². The fourth-order valence-corrected chi connectivity index (χ4v) is 5.33. The van der Waals surface area contributed by atoms with Crippen molar-refractivity contribution < 1.29 is 19.0 Å². The van der Waals surface area contributed by atoms with Gasteiger partial charge < -0.3 is 14.2 Å². The monoisotopic (exact) mass is 387 g/mol. The number of nitrogens with zero attached hydrogens (tertiary/aromatic N) is 1. The van der Waals surface area contributed by atoms with Gasteiger partial charge in [0.1, 0.15) is 11.6 Å². The van der Waals surface area contributed by atoms with Crippen LogP contribution in [0, 0.1) is 17.8 Å². The third-order valence-electron chi connectivity index (χ3n) is 5.88. The Hall–Kier alpha value is -2.08.